The van der Waals surface area contributed by atoms with Crippen LogP contribution in [0.25, 0.3) is 62.5 Å². The van der Waals surface area contributed by atoms with E-state index in [1.807, 2.05) is 66.9 Å². The summed E-state index contributed by atoms with van der Waals surface area (Å²) in [5, 5.41) is 28.5. The number of rotatable bonds is 4. The van der Waals surface area contributed by atoms with Gasteiger partial charge in [0.15, 0.2) is 5.57 Å². The average Bonchev–Trinajstić information content (AvgIpc) is 3.97. The van der Waals surface area contributed by atoms with Gasteiger partial charge in [0.1, 0.15) is 21.5 Å². The van der Waals surface area contributed by atoms with Crippen molar-refractivity contribution < 1.29 is 0 Å². The summed E-state index contributed by atoms with van der Waals surface area (Å²) in [5.41, 5.74) is 1.92. The van der Waals surface area contributed by atoms with Gasteiger partial charge in [-0.3, -0.25) is 14.2 Å². The maximum atomic E-state index is 13.5. The van der Waals surface area contributed by atoms with Crippen LogP contribution in [0.1, 0.15) is 61.3 Å². The van der Waals surface area contributed by atoms with Crippen LogP contribution in [0.4, 0.5) is 0 Å². The summed E-state index contributed by atoms with van der Waals surface area (Å²) in [7, 11) is 0. The van der Waals surface area contributed by atoms with Crippen molar-refractivity contribution in [3.8, 4) is 18.2 Å². The van der Waals surface area contributed by atoms with Gasteiger partial charge in [-0.1, -0.05) is 19.3 Å². The standard InChI is InChI=1S/C36H24N6O2S6/c1-4-41-32(43)24(48-34(41)18(15-37)16-38)12-19-11-22-26(36(19)9-7-6-8-10-36)28-30(46-22)31-29(50-28)27-23(47-31)13-20(45-27)14-25-33(44)42(5-2)35(49-25)21(17-39)40-3/h11-14H,4-10H2,1-2H3/b24-12-,25-14-,35-21-. The Labute approximate surface area is 308 Å². The molecule has 2 aliphatic carbocycles. The van der Waals surface area contributed by atoms with Gasteiger partial charge < -0.3 is 4.57 Å². The molecule has 6 heterocycles. The molecule has 1 fully saturated rings. The third-order valence-corrected chi connectivity index (χ3v) is 17.1. The predicted molar refractivity (Wildman–Crippen MR) is 209 cm³/mol. The summed E-state index contributed by atoms with van der Waals surface area (Å²) in [4.78, 5) is 32.3. The zero-order valence-electron chi connectivity index (χ0n) is 26.7. The van der Waals surface area contributed by atoms with Crippen LogP contribution < -0.4 is 29.5 Å². The molecule has 2 aliphatic rings. The molecule has 0 radical (unpaired) electrons. The largest absolute Gasteiger partial charge is 0.307 e. The Morgan fingerprint density at radius 2 is 1.46 bits per heavy atom. The zero-order chi connectivity index (χ0) is 34.9. The molecule has 0 atom stereocenters. The molecule has 0 N–H and O–H groups in total. The molecule has 8 rings (SSSR count). The van der Waals surface area contributed by atoms with Gasteiger partial charge in [0.25, 0.3) is 16.8 Å². The van der Waals surface area contributed by atoms with E-state index in [1.165, 1.54) is 76.9 Å². The number of thiophene rings is 4. The summed E-state index contributed by atoms with van der Waals surface area (Å²) in [6.07, 6.45) is 11.6. The zero-order valence-corrected chi connectivity index (χ0v) is 31.6. The van der Waals surface area contributed by atoms with Gasteiger partial charge in [0.05, 0.1) is 45.2 Å². The summed E-state index contributed by atoms with van der Waals surface area (Å²) < 4.78 is 12.5. The number of thiazole rings is 2. The molecule has 14 heteroatoms. The number of hydrogen-bond donors (Lipinski definition) is 0. The quantitative estimate of drug-likeness (QED) is 0.189. The molecule has 0 amide bonds. The van der Waals surface area contributed by atoms with E-state index in [1.54, 1.807) is 22.7 Å². The van der Waals surface area contributed by atoms with Crippen molar-refractivity contribution in [2.24, 2.45) is 0 Å². The normalized spacial score (nSPS) is 16.5. The van der Waals surface area contributed by atoms with E-state index in [4.69, 9.17) is 6.57 Å². The summed E-state index contributed by atoms with van der Waals surface area (Å²) in [6, 6.07) is 7.99. The van der Waals surface area contributed by atoms with E-state index < -0.39 is 0 Å². The van der Waals surface area contributed by atoms with Gasteiger partial charge in [-0.05, 0) is 62.1 Å². The molecule has 0 bridgehead atoms. The van der Waals surface area contributed by atoms with Gasteiger partial charge in [0.2, 0.25) is 0 Å². The van der Waals surface area contributed by atoms with Crippen molar-refractivity contribution in [3.05, 3.63) is 77.5 Å². The molecule has 0 saturated heterocycles. The van der Waals surface area contributed by atoms with Crippen LogP contribution in [0.5, 0.6) is 0 Å². The lowest BCUT2D eigenvalue weighted by atomic mass is 9.67. The molecule has 50 heavy (non-hydrogen) atoms. The Balaban J connectivity index is 1.28. The topological polar surface area (TPSA) is 120 Å². The summed E-state index contributed by atoms with van der Waals surface area (Å²) in [6.45, 7) is 11.8. The van der Waals surface area contributed by atoms with Gasteiger partial charge in [-0.15, -0.1) is 68.0 Å². The van der Waals surface area contributed by atoms with Crippen LogP contribution in [0.3, 0.4) is 0 Å². The Hall–Kier alpha value is -4.38. The smallest absolute Gasteiger partial charge is 0.294 e. The van der Waals surface area contributed by atoms with Crippen LogP contribution in [0.2, 0.25) is 0 Å². The van der Waals surface area contributed by atoms with Crippen molar-refractivity contribution in [2.75, 3.05) is 0 Å². The molecule has 0 unspecified atom stereocenters. The van der Waals surface area contributed by atoms with Gasteiger partial charge >= 0.3 is 0 Å². The molecule has 0 aromatic carbocycles. The Kier molecular flexibility index (Phi) is 8.16. The van der Waals surface area contributed by atoms with Gasteiger partial charge in [-0.2, -0.15) is 10.5 Å². The molecular formula is C36H24N6O2S6. The summed E-state index contributed by atoms with van der Waals surface area (Å²) >= 11 is 9.56. The highest BCUT2D eigenvalue weighted by molar-refractivity contribution is 7.44. The van der Waals surface area contributed by atoms with Crippen molar-refractivity contribution in [1.29, 1.82) is 15.8 Å². The van der Waals surface area contributed by atoms with Crippen molar-refractivity contribution in [3.63, 3.8) is 0 Å². The highest BCUT2D eigenvalue weighted by Gasteiger charge is 2.44. The first-order valence-corrected chi connectivity index (χ1v) is 20.8. The van der Waals surface area contributed by atoms with Crippen molar-refractivity contribution in [2.45, 2.75) is 64.5 Å². The van der Waals surface area contributed by atoms with Crippen molar-refractivity contribution >= 4 is 126 Å². The number of hydrogen-bond acceptors (Lipinski definition) is 11. The van der Waals surface area contributed by atoms with Crippen LogP contribution in [-0.2, 0) is 18.5 Å². The molecule has 1 saturated carbocycles. The molecule has 6 aromatic heterocycles. The van der Waals surface area contributed by atoms with E-state index in [0.717, 1.165) is 36.1 Å². The van der Waals surface area contributed by atoms with E-state index in [2.05, 4.69) is 17.0 Å². The fourth-order valence-corrected chi connectivity index (χ4v) is 15.6. The second-order valence-electron chi connectivity index (χ2n) is 12.0. The van der Waals surface area contributed by atoms with Crippen LogP contribution in [0.15, 0.2) is 21.2 Å². The Morgan fingerprint density at radius 1 is 0.820 bits per heavy atom. The average molecular weight is 765 g/mol. The fraction of sp³-hybridized carbons (Fsp3) is 0.278. The number of nitriles is 3. The minimum absolute atomic E-state index is 0.0357. The maximum Gasteiger partial charge on any atom is 0.294 e. The minimum Gasteiger partial charge on any atom is -0.307 e. The first-order chi connectivity index (χ1) is 24.3. The van der Waals surface area contributed by atoms with E-state index in [-0.39, 0.29) is 27.8 Å². The molecule has 0 aliphatic heterocycles. The molecule has 8 nitrogen and oxygen atoms in total. The maximum absolute atomic E-state index is 13.5. The Morgan fingerprint density at radius 3 is 2.12 bits per heavy atom. The van der Waals surface area contributed by atoms with Gasteiger partial charge in [-0.25, -0.2) is 10.1 Å². The van der Waals surface area contributed by atoms with Crippen molar-refractivity contribution in [1.82, 2.24) is 9.13 Å². The predicted octanol–water partition coefficient (Wildman–Crippen LogP) is 6.54. The van der Waals surface area contributed by atoms with E-state index in [0.29, 0.717) is 31.5 Å². The number of aromatic nitrogens is 2. The number of nitrogens with zero attached hydrogens (tertiary/aromatic N) is 6. The fourth-order valence-electron chi connectivity index (χ4n) is 7.32. The highest BCUT2D eigenvalue weighted by atomic mass is 32.1. The SMILES string of the molecule is [C-]#[N+]/C(C#N)=c1\s/c(=C\c2cc3sc4c5sc6c(c5sc4c3s2)C2(CCCCC2)C(/C=c2\sc(=C(C#N)C#N)n(CC)c2=O)=C6)c(=O)n1CC. The first kappa shape index (κ1) is 32.8. The van der Waals surface area contributed by atoms with E-state index >= 15 is 0 Å². The minimum atomic E-state index is -0.183. The second-order valence-corrected chi connectivity index (χ2v) is 18.3. The van der Waals surface area contributed by atoms with Crippen LogP contribution in [-0.4, -0.2) is 9.13 Å². The lowest BCUT2D eigenvalue weighted by Gasteiger charge is -2.36. The molecular weight excluding hydrogens is 741 g/mol. The van der Waals surface area contributed by atoms with Gasteiger partial charge in [0, 0.05) is 33.0 Å². The third-order valence-electron chi connectivity index (χ3n) is 9.53. The van der Waals surface area contributed by atoms with E-state index in [9.17, 15) is 25.4 Å². The lowest BCUT2D eigenvalue weighted by Crippen LogP contribution is -2.33. The van der Waals surface area contributed by atoms with Crippen LogP contribution >= 0.6 is 68.0 Å². The second kappa shape index (κ2) is 12.4. The Bertz CT molecular complexity index is 3010. The molecule has 6 aromatic rings. The number of fused-ring (bicyclic) bond motifs is 8. The lowest BCUT2D eigenvalue weighted by molar-refractivity contribution is 0.356. The third kappa shape index (κ3) is 4.72. The summed E-state index contributed by atoms with van der Waals surface area (Å²) in [5.74, 6) is 0. The molecule has 246 valence electrons. The van der Waals surface area contributed by atoms with Crippen LogP contribution in [0, 0.1) is 40.6 Å². The molecule has 1 spiro atoms. The first-order valence-electron chi connectivity index (χ1n) is 15.9. The number of allylic oxidation sites excluding steroid dienone is 1. The highest BCUT2D eigenvalue weighted by Crippen LogP contribution is 2.60. The monoisotopic (exact) mass is 764 g/mol.